The molecule has 0 atom stereocenters. The maximum atomic E-state index is 12.2. The number of primary amides is 1. The van der Waals surface area contributed by atoms with Gasteiger partial charge in [0.2, 0.25) is 11.8 Å². The van der Waals surface area contributed by atoms with E-state index in [0.717, 1.165) is 22.2 Å². The van der Waals surface area contributed by atoms with Crippen molar-refractivity contribution in [1.82, 2.24) is 9.80 Å². The highest BCUT2D eigenvalue weighted by molar-refractivity contribution is 9.10. The lowest BCUT2D eigenvalue weighted by Crippen LogP contribution is -2.42. The molecule has 1 heterocycles. The third-order valence-corrected chi connectivity index (χ3v) is 4.69. The Balaban J connectivity index is 2.52. The lowest BCUT2D eigenvalue weighted by Gasteiger charge is -2.23. The minimum Gasteiger partial charge on any atom is -0.369 e. The summed E-state index contributed by atoms with van der Waals surface area (Å²) < 4.78 is 1.03. The zero-order chi connectivity index (χ0) is 15.8. The van der Waals surface area contributed by atoms with E-state index in [-0.39, 0.29) is 19.0 Å². The molecule has 1 aromatic heterocycles. The van der Waals surface area contributed by atoms with Crippen molar-refractivity contribution < 1.29 is 9.59 Å². The summed E-state index contributed by atoms with van der Waals surface area (Å²) in [6.07, 6.45) is 1.96. The molecule has 0 bridgehead atoms. The second kappa shape index (κ2) is 9.17. The topological polar surface area (TPSA) is 66.6 Å². The molecule has 1 aromatic rings. The summed E-state index contributed by atoms with van der Waals surface area (Å²) in [5.41, 5.74) is 5.23. The van der Waals surface area contributed by atoms with Crippen molar-refractivity contribution in [1.29, 1.82) is 0 Å². The number of carbonyl (C=O) groups is 2. The standard InChI is InChI=1S/C14H22BrN3O2S/c1-3-4-5-18(8-13(16)19)9-14(20)17(2)7-12-6-11(15)10-21-12/h6,10H,3-5,7-9H2,1-2H3,(H2,16,19). The predicted molar refractivity (Wildman–Crippen MR) is 89.0 cm³/mol. The molecule has 7 heteroatoms. The summed E-state index contributed by atoms with van der Waals surface area (Å²) in [5, 5.41) is 1.99. The van der Waals surface area contributed by atoms with E-state index in [1.807, 2.05) is 16.3 Å². The summed E-state index contributed by atoms with van der Waals surface area (Å²) in [6.45, 7) is 3.72. The number of halogens is 1. The third-order valence-electron chi connectivity index (χ3n) is 3.01. The number of rotatable bonds is 9. The van der Waals surface area contributed by atoms with Crippen molar-refractivity contribution in [2.24, 2.45) is 5.73 Å². The molecular formula is C14H22BrN3O2S. The minimum absolute atomic E-state index is 0.00289. The van der Waals surface area contributed by atoms with Crippen LogP contribution in [0.5, 0.6) is 0 Å². The molecule has 118 valence electrons. The Labute approximate surface area is 138 Å². The number of nitrogens with zero attached hydrogens (tertiary/aromatic N) is 2. The van der Waals surface area contributed by atoms with E-state index in [2.05, 4.69) is 22.9 Å². The normalized spacial score (nSPS) is 10.9. The molecule has 5 nitrogen and oxygen atoms in total. The molecule has 0 aliphatic heterocycles. The molecule has 0 aromatic carbocycles. The Bertz CT molecular complexity index is 479. The quantitative estimate of drug-likeness (QED) is 0.718. The lowest BCUT2D eigenvalue weighted by molar-refractivity contribution is -0.132. The molecule has 2 amide bonds. The van der Waals surface area contributed by atoms with Crippen molar-refractivity contribution in [2.75, 3.05) is 26.7 Å². The van der Waals surface area contributed by atoms with Crippen LogP contribution in [0.25, 0.3) is 0 Å². The molecule has 0 radical (unpaired) electrons. The zero-order valence-corrected chi connectivity index (χ0v) is 14.9. The average molecular weight is 376 g/mol. The Morgan fingerprint density at radius 2 is 2.10 bits per heavy atom. The van der Waals surface area contributed by atoms with Crippen LogP contribution in [0.1, 0.15) is 24.6 Å². The van der Waals surface area contributed by atoms with Crippen molar-refractivity contribution in [3.63, 3.8) is 0 Å². The minimum atomic E-state index is -0.399. The predicted octanol–water partition coefficient (Wildman–Crippen LogP) is 2.06. The van der Waals surface area contributed by atoms with E-state index in [1.54, 1.807) is 23.3 Å². The lowest BCUT2D eigenvalue weighted by atomic mass is 10.3. The maximum absolute atomic E-state index is 12.2. The van der Waals surface area contributed by atoms with Gasteiger partial charge in [-0.2, -0.15) is 0 Å². The number of likely N-dealkylation sites (N-methyl/N-ethyl adjacent to an activating group) is 1. The van der Waals surface area contributed by atoms with Gasteiger partial charge in [-0.3, -0.25) is 14.5 Å². The van der Waals surface area contributed by atoms with Crippen LogP contribution < -0.4 is 5.73 Å². The fraction of sp³-hybridized carbons (Fsp3) is 0.571. The van der Waals surface area contributed by atoms with Crippen molar-refractivity contribution in [2.45, 2.75) is 26.3 Å². The second-order valence-electron chi connectivity index (χ2n) is 5.01. The van der Waals surface area contributed by atoms with Gasteiger partial charge in [0.05, 0.1) is 19.6 Å². The van der Waals surface area contributed by atoms with Crippen LogP contribution >= 0.6 is 27.3 Å². The maximum Gasteiger partial charge on any atom is 0.236 e. The van der Waals surface area contributed by atoms with Gasteiger partial charge in [0.1, 0.15) is 0 Å². The van der Waals surface area contributed by atoms with E-state index in [9.17, 15) is 9.59 Å². The summed E-state index contributed by atoms with van der Waals surface area (Å²) in [4.78, 5) is 27.9. The molecule has 1 rings (SSSR count). The van der Waals surface area contributed by atoms with E-state index >= 15 is 0 Å². The van der Waals surface area contributed by atoms with Crippen LogP contribution in [0.4, 0.5) is 0 Å². The fourth-order valence-electron chi connectivity index (χ4n) is 1.89. The summed E-state index contributed by atoms with van der Waals surface area (Å²) in [7, 11) is 1.78. The van der Waals surface area contributed by atoms with Gasteiger partial charge in [0.15, 0.2) is 0 Å². The second-order valence-corrected chi connectivity index (χ2v) is 6.92. The number of unbranched alkanes of at least 4 members (excludes halogenated alkanes) is 1. The van der Waals surface area contributed by atoms with Gasteiger partial charge in [0.25, 0.3) is 0 Å². The molecular weight excluding hydrogens is 354 g/mol. The number of hydrogen-bond acceptors (Lipinski definition) is 4. The van der Waals surface area contributed by atoms with Gasteiger partial charge < -0.3 is 10.6 Å². The van der Waals surface area contributed by atoms with E-state index < -0.39 is 5.91 Å². The van der Waals surface area contributed by atoms with Gasteiger partial charge in [0, 0.05) is 21.8 Å². The number of nitrogens with two attached hydrogens (primary N) is 1. The van der Waals surface area contributed by atoms with Crippen LogP contribution in [0.3, 0.4) is 0 Å². The van der Waals surface area contributed by atoms with Crippen LogP contribution in [-0.2, 0) is 16.1 Å². The first kappa shape index (κ1) is 18.1. The highest BCUT2D eigenvalue weighted by atomic mass is 79.9. The van der Waals surface area contributed by atoms with Crippen LogP contribution in [0, 0.1) is 0 Å². The van der Waals surface area contributed by atoms with Gasteiger partial charge >= 0.3 is 0 Å². The molecule has 0 unspecified atom stereocenters. The van der Waals surface area contributed by atoms with Gasteiger partial charge in [-0.05, 0) is 35.0 Å². The molecule has 0 aliphatic rings. The first-order valence-corrected chi connectivity index (χ1v) is 8.57. The first-order valence-electron chi connectivity index (χ1n) is 6.90. The highest BCUT2D eigenvalue weighted by Gasteiger charge is 2.16. The Morgan fingerprint density at radius 1 is 1.38 bits per heavy atom. The molecule has 0 fully saturated rings. The van der Waals surface area contributed by atoms with Crippen LogP contribution in [-0.4, -0.2) is 48.3 Å². The molecule has 21 heavy (non-hydrogen) atoms. The van der Waals surface area contributed by atoms with Crippen LogP contribution in [0.2, 0.25) is 0 Å². The molecule has 0 spiro atoms. The summed E-state index contributed by atoms with van der Waals surface area (Å²) >= 11 is 5.01. The zero-order valence-electron chi connectivity index (χ0n) is 12.5. The summed E-state index contributed by atoms with van der Waals surface area (Å²) in [5.74, 6) is -0.402. The van der Waals surface area contributed by atoms with Crippen molar-refractivity contribution in [3.05, 3.63) is 20.8 Å². The molecule has 0 saturated carbocycles. The van der Waals surface area contributed by atoms with Gasteiger partial charge in [-0.15, -0.1) is 11.3 Å². The van der Waals surface area contributed by atoms with Crippen molar-refractivity contribution in [3.8, 4) is 0 Å². The highest BCUT2D eigenvalue weighted by Crippen LogP contribution is 2.20. The fourth-order valence-corrected chi connectivity index (χ4v) is 3.39. The average Bonchev–Trinajstić information content (AvgIpc) is 2.80. The van der Waals surface area contributed by atoms with Crippen LogP contribution in [0.15, 0.2) is 15.9 Å². The Kier molecular flexibility index (Phi) is 7.92. The number of hydrogen-bond donors (Lipinski definition) is 1. The van der Waals surface area contributed by atoms with Gasteiger partial charge in [-0.1, -0.05) is 13.3 Å². The Morgan fingerprint density at radius 3 is 2.62 bits per heavy atom. The number of amides is 2. The number of carbonyl (C=O) groups excluding carboxylic acids is 2. The largest absolute Gasteiger partial charge is 0.369 e. The van der Waals surface area contributed by atoms with E-state index in [1.165, 1.54) is 0 Å². The van der Waals surface area contributed by atoms with E-state index in [4.69, 9.17) is 5.73 Å². The SMILES string of the molecule is CCCCN(CC(N)=O)CC(=O)N(C)Cc1cc(Br)cs1. The van der Waals surface area contributed by atoms with Gasteiger partial charge in [-0.25, -0.2) is 0 Å². The third kappa shape index (κ3) is 7.06. The van der Waals surface area contributed by atoms with E-state index in [0.29, 0.717) is 13.1 Å². The molecule has 0 saturated heterocycles. The monoisotopic (exact) mass is 375 g/mol. The smallest absolute Gasteiger partial charge is 0.236 e. The van der Waals surface area contributed by atoms with Crippen molar-refractivity contribution >= 4 is 39.1 Å². The summed E-state index contributed by atoms with van der Waals surface area (Å²) in [6, 6.07) is 2.01. The number of thiophene rings is 1. The molecule has 2 N–H and O–H groups in total. The first-order chi connectivity index (χ1) is 9.92. The molecule has 0 aliphatic carbocycles. The Hall–Kier alpha value is -0.920.